The van der Waals surface area contributed by atoms with E-state index in [1.165, 1.54) is 28.5 Å². The van der Waals surface area contributed by atoms with E-state index in [9.17, 15) is 9.59 Å². The second-order valence-electron chi connectivity index (χ2n) is 10.4. The Bertz CT molecular complexity index is 1370. The Morgan fingerprint density at radius 2 is 1.69 bits per heavy atom. The number of aromatic amines is 1. The van der Waals surface area contributed by atoms with E-state index < -0.39 is 5.92 Å². The summed E-state index contributed by atoms with van der Waals surface area (Å²) < 4.78 is 0. The molecule has 0 spiro atoms. The second kappa shape index (κ2) is 9.15. The number of Topliss-reactive ketones (excluding diaryl/α,β-unsaturated/α-hetero) is 1. The maximum Gasteiger partial charge on any atom is 0.257 e. The molecule has 3 aromatic rings. The van der Waals surface area contributed by atoms with Crippen molar-refractivity contribution in [2.75, 3.05) is 5.32 Å². The summed E-state index contributed by atoms with van der Waals surface area (Å²) >= 11 is 1.51. The summed E-state index contributed by atoms with van der Waals surface area (Å²) in [5, 5.41) is 3.98. The Hall–Kier alpha value is -3.12. The van der Waals surface area contributed by atoms with Gasteiger partial charge in [0, 0.05) is 29.4 Å². The van der Waals surface area contributed by atoms with E-state index in [0.29, 0.717) is 34.3 Å². The maximum absolute atomic E-state index is 13.5. The highest BCUT2D eigenvalue weighted by atomic mass is 32.2. The largest absolute Gasteiger partial charge is 0.343 e. The molecule has 1 atom stereocenters. The fraction of sp³-hybridized carbons (Fsp3) is 0.345. The van der Waals surface area contributed by atoms with Crippen LogP contribution in [0.15, 0.2) is 69.8 Å². The van der Waals surface area contributed by atoms with Gasteiger partial charge in [0.2, 0.25) is 0 Å². The molecule has 6 heteroatoms. The van der Waals surface area contributed by atoms with Crippen molar-refractivity contribution in [3.05, 3.63) is 98.0 Å². The highest BCUT2D eigenvalue weighted by Gasteiger charge is 2.42. The third-order valence-electron chi connectivity index (χ3n) is 6.92. The summed E-state index contributed by atoms with van der Waals surface area (Å²) in [6.45, 7) is 8.42. The highest BCUT2D eigenvalue weighted by Crippen LogP contribution is 2.47. The number of allylic oxidation sites excluding steroid dienone is 2. The standard InChI is InChI=1S/C29H31N3O2S/c1-5-18-10-12-20(13-11-18)23-24-21(14-29(3,4)15-22(24)33)30-26-25(23)27(34)32-28(31-26)35-16-19-8-6-17(2)7-9-19/h6-13,23H,5,14-16H2,1-4H3,(H2,30,31,32,34)/t23-/m1/s1. The molecular weight excluding hydrogens is 454 g/mol. The maximum atomic E-state index is 13.5. The zero-order chi connectivity index (χ0) is 24.7. The van der Waals surface area contributed by atoms with Crippen LogP contribution in [0.5, 0.6) is 0 Å². The van der Waals surface area contributed by atoms with Crippen LogP contribution in [0.25, 0.3) is 0 Å². The number of hydrogen-bond donors (Lipinski definition) is 2. The lowest BCUT2D eigenvalue weighted by Gasteiger charge is -2.38. The van der Waals surface area contributed by atoms with Gasteiger partial charge in [-0.3, -0.25) is 9.59 Å². The first-order chi connectivity index (χ1) is 16.7. The summed E-state index contributed by atoms with van der Waals surface area (Å²) in [7, 11) is 0. The van der Waals surface area contributed by atoms with Crippen molar-refractivity contribution in [3.8, 4) is 0 Å². The number of benzene rings is 2. The summed E-state index contributed by atoms with van der Waals surface area (Å²) in [4.78, 5) is 34.7. The van der Waals surface area contributed by atoms with Crippen LogP contribution in [0.3, 0.4) is 0 Å². The molecule has 0 saturated heterocycles. The van der Waals surface area contributed by atoms with E-state index in [0.717, 1.165) is 24.1 Å². The second-order valence-corrected chi connectivity index (χ2v) is 11.4. The molecule has 0 radical (unpaired) electrons. The molecule has 2 aromatic carbocycles. The van der Waals surface area contributed by atoms with Crippen molar-refractivity contribution in [1.82, 2.24) is 9.97 Å². The number of ketones is 1. The summed E-state index contributed by atoms with van der Waals surface area (Å²) in [6, 6.07) is 16.6. The van der Waals surface area contributed by atoms with Crippen LogP contribution in [0, 0.1) is 12.3 Å². The number of carbonyl (C=O) groups is 1. The van der Waals surface area contributed by atoms with Crippen molar-refractivity contribution < 1.29 is 4.79 Å². The van der Waals surface area contributed by atoms with E-state index in [1.54, 1.807) is 0 Å². The fourth-order valence-electron chi connectivity index (χ4n) is 5.08. The number of H-pyrrole nitrogens is 1. The minimum atomic E-state index is -0.414. The van der Waals surface area contributed by atoms with Crippen molar-refractivity contribution in [2.24, 2.45) is 5.41 Å². The molecule has 0 amide bonds. The van der Waals surface area contributed by atoms with Gasteiger partial charge in [-0.25, -0.2) is 4.98 Å². The number of rotatable bonds is 5. The quantitative estimate of drug-likeness (QED) is 0.336. The monoisotopic (exact) mass is 485 g/mol. The van der Waals surface area contributed by atoms with Crippen LogP contribution in [0.4, 0.5) is 5.82 Å². The van der Waals surface area contributed by atoms with Crippen LogP contribution >= 0.6 is 11.8 Å². The SMILES string of the molecule is CCc1ccc([C@@H]2C3=C(CC(C)(C)CC3=O)Nc3nc(SCc4ccc(C)cc4)[nH]c(=O)c32)cc1. The molecule has 2 aliphatic rings. The van der Waals surface area contributed by atoms with Crippen LogP contribution < -0.4 is 10.9 Å². The molecule has 2 N–H and O–H groups in total. The van der Waals surface area contributed by atoms with Crippen molar-refractivity contribution in [3.63, 3.8) is 0 Å². The van der Waals surface area contributed by atoms with E-state index in [4.69, 9.17) is 4.98 Å². The van der Waals surface area contributed by atoms with Crippen molar-refractivity contribution in [1.29, 1.82) is 0 Å². The number of nitrogens with zero attached hydrogens (tertiary/aromatic N) is 1. The van der Waals surface area contributed by atoms with Gasteiger partial charge in [0.1, 0.15) is 5.82 Å². The number of thioether (sulfide) groups is 1. The molecule has 1 aliphatic heterocycles. The molecule has 180 valence electrons. The van der Waals surface area contributed by atoms with E-state index in [1.807, 2.05) is 0 Å². The summed E-state index contributed by atoms with van der Waals surface area (Å²) in [5.74, 6) is 0.969. The van der Waals surface area contributed by atoms with Gasteiger partial charge in [0.05, 0.1) is 5.56 Å². The summed E-state index contributed by atoms with van der Waals surface area (Å²) in [6.07, 6.45) is 2.16. The average Bonchev–Trinajstić information content (AvgIpc) is 2.81. The topological polar surface area (TPSA) is 74.8 Å². The lowest BCUT2D eigenvalue weighted by atomic mass is 9.69. The first-order valence-corrected chi connectivity index (χ1v) is 13.2. The zero-order valence-electron chi connectivity index (χ0n) is 20.7. The minimum absolute atomic E-state index is 0.108. The molecule has 35 heavy (non-hydrogen) atoms. The Morgan fingerprint density at radius 3 is 2.37 bits per heavy atom. The van der Waals surface area contributed by atoms with Gasteiger partial charge in [-0.05, 0) is 41.9 Å². The first kappa shape index (κ1) is 23.6. The summed E-state index contributed by atoms with van der Waals surface area (Å²) in [5.41, 5.74) is 6.39. The lowest BCUT2D eigenvalue weighted by molar-refractivity contribution is -0.118. The Labute approximate surface area is 210 Å². The minimum Gasteiger partial charge on any atom is -0.343 e. The third-order valence-corrected chi connectivity index (χ3v) is 7.86. The van der Waals surface area contributed by atoms with Gasteiger partial charge in [-0.2, -0.15) is 0 Å². The molecule has 5 nitrogen and oxygen atoms in total. The number of nitrogens with one attached hydrogen (secondary N) is 2. The number of carbonyl (C=O) groups excluding carboxylic acids is 1. The smallest absolute Gasteiger partial charge is 0.257 e. The predicted molar refractivity (Wildman–Crippen MR) is 142 cm³/mol. The van der Waals surface area contributed by atoms with Gasteiger partial charge in [0.15, 0.2) is 10.9 Å². The van der Waals surface area contributed by atoms with E-state index in [-0.39, 0.29) is 16.8 Å². The molecule has 5 rings (SSSR count). The lowest BCUT2D eigenvalue weighted by Crippen LogP contribution is -2.37. The van der Waals surface area contributed by atoms with Crippen LogP contribution in [-0.4, -0.2) is 15.8 Å². The number of aromatic nitrogens is 2. The van der Waals surface area contributed by atoms with Gasteiger partial charge in [0.25, 0.3) is 5.56 Å². The van der Waals surface area contributed by atoms with Gasteiger partial charge in [-0.15, -0.1) is 0 Å². The normalized spacial score (nSPS) is 18.6. The van der Waals surface area contributed by atoms with E-state index >= 15 is 0 Å². The van der Waals surface area contributed by atoms with Gasteiger partial charge in [-0.1, -0.05) is 86.6 Å². The predicted octanol–water partition coefficient (Wildman–Crippen LogP) is 6.13. The molecule has 0 unspecified atom stereocenters. The molecule has 1 aromatic heterocycles. The Balaban J connectivity index is 1.56. The van der Waals surface area contributed by atoms with Crippen LogP contribution in [0.2, 0.25) is 0 Å². The number of fused-ring (bicyclic) bond motifs is 1. The first-order valence-electron chi connectivity index (χ1n) is 12.2. The molecule has 0 saturated carbocycles. The molecule has 0 bridgehead atoms. The third kappa shape index (κ3) is 4.72. The Kier molecular flexibility index (Phi) is 6.18. The highest BCUT2D eigenvalue weighted by molar-refractivity contribution is 7.98. The van der Waals surface area contributed by atoms with Crippen LogP contribution in [-0.2, 0) is 17.0 Å². The number of anilines is 1. The van der Waals surface area contributed by atoms with Gasteiger partial charge >= 0.3 is 0 Å². The Morgan fingerprint density at radius 1 is 1.00 bits per heavy atom. The zero-order valence-corrected chi connectivity index (χ0v) is 21.5. The average molecular weight is 486 g/mol. The molecule has 1 aliphatic carbocycles. The number of hydrogen-bond acceptors (Lipinski definition) is 5. The number of aryl methyl sites for hydroxylation is 2. The molecule has 2 heterocycles. The molecular formula is C29H31N3O2S. The van der Waals surface area contributed by atoms with Gasteiger partial charge < -0.3 is 10.3 Å². The van der Waals surface area contributed by atoms with Crippen molar-refractivity contribution >= 4 is 23.4 Å². The van der Waals surface area contributed by atoms with E-state index in [2.05, 4.69) is 86.5 Å². The molecule has 0 fully saturated rings. The van der Waals surface area contributed by atoms with Crippen LogP contribution in [0.1, 0.15) is 67.3 Å². The fourth-order valence-corrected chi connectivity index (χ4v) is 5.89. The van der Waals surface area contributed by atoms with Crippen molar-refractivity contribution in [2.45, 2.75) is 63.8 Å².